The number of rotatable bonds is 5. The number of aliphatic hydroxyl groups excluding tert-OH is 1. The fourth-order valence-corrected chi connectivity index (χ4v) is 2.98. The molecule has 0 spiro atoms. The largest absolute Gasteiger partial charge is 0.486 e. The summed E-state index contributed by atoms with van der Waals surface area (Å²) in [6.07, 6.45) is 0.454. The van der Waals surface area contributed by atoms with Crippen LogP contribution in [0.5, 0.6) is 5.75 Å². The van der Waals surface area contributed by atoms with E-state index in [4.69, 9.17) is 14.6 Å². The fourth-order valence-electron chi connectivity index (χ4n) is 2.98. The molecule has 2 atom stereocenters. The van der Waals surface area contributed by atoms with E-state index in [9.17, 15) is 4.79 Å². The molecule has 0 unspecified atom stereocenters. The van der Waals surface area contributed by atoms with E-state index in [2.05, 4.69) is 5.32 Å². The van der Waals surface area contributed by atoms with Crippen molar-refractivity contribution >= 4 is 5.91 Å². The lowest BCUT2D eigenvalue weighted by atomic mass is 10.0. The Balaban J connectivity index is 1.67. The molecule has 138 valence electrons. The Kier molecular flexibility index (Phi) is 5.91. The molecule has 1 heterocycles. The van der Waals surface area contributed by atoms with Gasteiger partial charge in [-0.25, -0.2) is 0 Å². The van der Waals surface area contributed by atoms with Crippen LogP contribution < -0.4 is 10.1 Å². The molecule has 5 nitrogen and oxygen atoms in total. The number of ether oxygens (including phenoxy) is 2. The van der Waals surface area contributed by atoms with Gasteiger partial charge >= 0.3 is 0 Å². The number of carbonyl (C=O) groups excluding carboxylic acids is 1. The van der Waals surface area contributed by atoms with Gasteiger partial charge in [0.2, 0.25) is 0 Å². The number of carbonyl (C=O) groups is 1. The van der Waals surface area contributed by atoms with Gasteiger partial charge in [0.15, 0.2) is 0 Å². The van der Waals surface area contributed by atoms with E-state index >= 15 is 0 Å². The van der Waals surface area contributed by atoms with Crippen molar-refractivity contribution in [3.8, 4) is 5.75 Å². The standard InChI is InChI=1S/C21H25NO4/c1-14-3-6-17(11-15(14)2)21(24)22-19-9-10-25-13-20(19)26-18-7-4-16(12-23)5-8-18/h3-8,11,19-20,23H,9-10,12-13H2,1-2H3,(H,22,24)/t19-,20-/m1/s1. The molecule has 2 N–H and O–H groups in total. The Morgan fingerprint density at radius 3 is 2.65 bits per heavy atom. The van der Waals surface area contributed by atoms with Gasteiger partial charge < -0.3 is 19.9 Å². The Bertz CT molecular complexity index is 757. The van der Waals surface area contributed by atoms with E-state index in [1.807, 2.05) is 56.3 Å². The van der Waals surface area contributed by atoms with Crippen LogP contribution in [-0.2, 0) is 11.3 Å². The highest BCUT2D eigenvalue weighted by molar-refractivity contribution is 5.94. The van der Waals surface area contributed by atoms with Gasteiger partial charge in [-0.05, 0) is 61.2 Å². The van der Waals surface area contributed by atoms with E-state index in [0.29, 0.717) is 30.9 Å². The second-order valence-electron chi connectivity index (χ2n) is 6.70. The zero-order valence-electron chi connectivity index (χ0n) is 15.2. The summed E-state index contributed by atoms with van der Waals surface area (Å²) in [4.78, 5) is 12.6. The van der Waals surface area contributed by atoms with Gasteiger partial charge in [-0.3, -0.25) is 4.79 Å². The third-order valence-electron chi connectivity index (χ3n) is 4.78. The van der Waals surface area contributed by atoms with Crippen LogP contribution >= 0.6 is 0 Å². The summed E-state index contributed by atoms with van der Waals surface area (Å²) in [6.45, 7) is 5.06. The molecule has 0 saturated carbocycles. The van der Waals surface area contributed by atoms with Gasteiger partial charge in [-0.2, -0.15) is 0 Å². The molecular formula is C21H25NO4. The van der Waals surface area contributed by atoms with Crippen LogP contribution in [0.4, 0.5) is 0 Å². The first-order valence-corrected chi connectivity index (χ1v) is 8.89. The summed E-state index contributed by atoms with van der Waals surface area (Å²) in [6, 6.07) is 12.9. The summed E-state index contributed by atoms with van der Waals surface area (Å²) < 4.78 is 11.6. The van der Waals surface area contributed by atoms with Crippen molar-refractivity contribution in [3.05, 3.63) is 64.7 Å². The molecule has 0 bridgehead atoms. The molecule has 5 heteroatoms. The number of aliphatic hydroxyl groups is 1. The monoisotopic (exact) mass is 355 g/mol. The van der Waals surface area contributed by atoms with Crippen molar-refractivity contribution in [1.82, 2.24) is 5.32 Å². The third kappa shape index (κ3) is 4.42. The maximum absolute atomic E-state index is 12.6. The van der Waals surface area contributed by atoms with Crippen LogP contribution in [0.3, 0.4) is 0 Å². The van der Waals surface area contributed by atoms with Crippen molar-refractivity contribution in [2.45, 2.75) is 39.0 Å². The lowest BCUT2D eigenvalue weighted by Gasteiger charge is -2.32. The summed E-state index contributed by atoms with van der Waals surface area (Å²) >= 11 is 0. The predicted molar refractivity (Wildman–Crippen MR) is 99.4 cm³/mol. The number of aryl methyl sites for hydroxylation is 2. The van der Waals surface area contributed by atoms with Crippen molar-refractivity contribution in [3.63, 3.8) is 0 Å². The summed E-state index contributed by atoms with van der Waals surface area (Å²) in [5.74, 6) is 0.604. The topological polar surface area (TPSA) is 67.8 Å². The van der Waals surface area contributed by atoms with Gasteiger partial charge in [-0.1, -0.05) is 18.2 Å². The molecule has 2 aromatic carbocycles. The van der Waals surface area contributed by atoms with E-state index in [1.54, 1.807) is 0 Å². The maximum atomic E-state index is 12.6. The van der Waals surface area contributed by atoms with Crippen LogP contribution in [0.1, 0.15) is 33.5 Å². The minimum atomic E-state index is -0.251. The number of benzene rings is 2. The highest BCUT2D eigenvalue weighted by Crippen LogP contribution is 2.19. The molecule has 26 heavy (non-hydrogen) atoms. The number of nitrogens with one attached hydrogen (secondary N) is 1. The van der Waals surface area contributed by atoms with Gasteiger partial charge in [0.05, 0.1) is 19.3 Å². The zero-order valence-corrected chi connectivity index (χ0v) is 15.2. The Morgan fingerprint density at radius 2 is 1.96 bits per heavy atom. The lowest BCUT2D eigenvalue weighted by Crippen LogP contribution is -2.51. The van der Waals surface area contributed by atoms with E-state index < -0.39 is 0 Å². The average Bonchev–Trinajstić information content (AvgIpc) is 2.66. The van der Waals surface area contributed by atoms with E-state index in [0.717, 1.165) is 11.1 Å². The smallest absolute Gasteiger partial charge is 0.251 e. The Morgan fingerprint density at radius 1 is 1.19 bits per heavy atom. The van der Waals surface area contributed by atoms with Crippen LogP contribution in [0.15, 0.2) is 42.5 Å². The Labute approximate surface area is 153 Å². The normalized spacial score (nSPS) is 19.8. The first-order valence-electron chi connectivity index (χ1n) is 8.89. The lowest BCUT2D eigenvalue weighted by molar-refractivity contribution is -0.0135. The van der Waals surface area contributed by atoms with E-state index in [1.165, 1.54) is 5.56 Å². The SMILES string of the molecule is Cc1ccc(C(=O)N[C@@H]2CCOC[C@H]2Oc2ccc(CO)cc2)cc1C. The minimum Gasteiger partial charge on any atom is -0.486 e. The fraction of sp³-hybridized carbons (Fsp3) is 0.381. The molecule has 1 fully saturated rings. The zero-order chi connectivity index (χ0) is 18.5. The second-order valence-corrected chi connectivity index (χ2v) is 6.70. The van der Waals surface area contributed by atoms with Crippen molar-refractivity contribution in [2.75, 3.05) is 13.2 Å². The molecule has 1 aliphatic rings. The Hall–Kier alpha value is -2.37. The molecule has 1 aliphatic heterocycles. The summed E-state index contributed by atoms with van der Waals surface area (Å²) in [7, 11) is 0. The number of hydrogen-bond donors (Lipinski definition) is 2. The summed E-state index contributed by atoms with van der Waals surface area (Å²) in [5, 5.41) is 12.2. The van der Waals surface area contributed by atoms with Gasteiger partial charge in [0, 0.05) is 12.2 Å². The minimum absolute atomic E-state index is 0.00146. The average molecular weight is 355 g/mol. The molecule has 0 aliphatic carbocycles. The quantitative estimate of drug-likeness (QED) is 0.865. The highest BCUT2D eigenvalue weighted by Gasteiger charge is 2.29. The number of amides is 1. The van der Waals surface area contributed by atoms with Crippen LogP contribution in [0, 0.1) is 13.8 Å². The molecule has 2 aromatic rings. The molecule has 1 amide bonds. The van der Waals surface area contributed by atoms with Crippen molar-refractivity contribution in [1.29, 1.82) is 0 Å². The first-order chi connectivity index (χ1) is 12.6. The highest BCUT2D eigenvalue weighted by atomic mass is 16.5. The van der Waals surface area contributed by atoms with Gasteiger partial charge in [0.25, 0.3) is 5.91 Å². The molecular weight excluding hydrogens is 330 g/mol. The number of hydrogen-bond acceptors (Lipinski definition) is 4. The van der Waals surface area contributed by atoms with Crippen LogP contribution in [0.2, 0.25) is 0 Å². The first kappa shape index (κ1) is 18.4. The van der Waals surface area contributed by atoms with Gasteiger partial charge in [-0.15, -0.1) is 0 Å². The molecule has 1 saturated heterocycles. The van der Waals surface area contributed by atoms with Gasteiger partial charge in [0.1, 0.15) is 11.9 Å². The summed E-state index contributed by atoms with van der Waals surface area (Å²) in [5.41, 5.74) is 3.75. The predicted octanol–water partition coefficient (Wildman–Crippen LogP) is 2.76. The van der Waals surface area contributed by atoms with Crippen LogP contribution in [-0.4, -0.2) is 36.4 Å². The van der Waals surface area contributed by atoms with Crippen molar-refractivity contribution < 1.29 is 19.4 Å². The van der Waals surface area contributed by atoms with Crippen LogP contribution in [0.25, 0.3) is 0 Å². The van der Waals surface area contributed by atoms with Crippen molar-refractivity contribution in [2.24, 2.45) is 0 Å². The van der Waals surface area contributed by atoms with E-state index in [-0.39, 0.29) is 24.7 Å². The maximum Gasteiger partial charge on any atom is 0.251 e. The molecule has 3 rings (SSSR count). The third-order valence-corrected chi connectivity index (χ3v) is 4.78. The molecule has 0 radical (unpaired) electrons. The second kappa shape index (κ2) is 8.34. The molecule has 0 aromatic heterocycles.